The number of carbonyl (C=O) groups is 1. The molecule has 0 radical (unpaired) electrons. The molecule has 0 unspecified atom stereocenters. The second kappa shape index (κ2) is 7.56. The number of hydrogen-bond acceptors (Lipinski definition) is 3. The van der Waals surface area contributed by atoms with Crippen LogP contribution in [0.1, 0.15) is 32.9 Å². The van der Waals surface area contributed by atoms with Gasteiger partial charge in [0.25, 0.3) is 5.91 Å². The summed E-state index contributed by atoms with van der Waals surface area (Å²) in [6.45, 7) is 4.61. The molecule has 0 saturated carbocycles. The lowest BCUT2D eigenvalue weighted by Gasteiger charge is -2.08. The van der Waals surface area contributed by atoms with Crippen LogP contribution in [-0.4, -0.2) is 16.7 Å². The third-order valence-electron chi connectivity index (χ3n) is 4.93. The number of hydrazone groups is 1. The van der Waals surface area contributed by atoms with Crippen LogP contribution in [-0.2, 0) is 6.54 Å². The summed E-state index contributed by atoms with van der Waals surface area (Å²) in [6, 6.07) is 20.2. The van der Waals surface area contributed by atoms with E-state index in [9.17, 15) is 4.79 Å². The van der Waals surface area contributed by atoms with Crippen molar-refractivity contribution in [3.8, 4) is 0 Å². The van der Waals surface area contributed by atoms with E-state index >= 15 is 0 Å². The number of rotatable bonds is 5. The molecular weight excluding hydrogens is 350 g/mol. The molecule has 2 aromatic heterocycles. The summed E-state index contributed by atoms with van der Waals surface area (Å²) in [4.78, 5) is 12.2. The van der Waals surface area contributed by atoms with Crippen molar-refractivity contribution in [1.82, 2.24) is 9.99 Å². The molecule has 0 aliphatic rings. The molecule has 4 rings (SSSR count). The molecule has 2 aromatic carbocycles. The maximum absolute atomic E-state index is 12.2. The summed E-state index contributed by atoms with van der Waals surface area (Å²) in [5.41, 5.74) is 7.54. The lowest BCUT2D eigenvalue weighted by molar-refractivity contribution is 0.0953. The van der Waals surface area contributed by atoms with Crippen molar-refractivity contribution in [1.29, 1.82) is 0 Å². The molecule has 28 heavy (non-hydrogen) atoms. The highest BCUT2D eigenvalue weighted by Crippen LogP contribution is 2.25. The first kappa shape index (κ1) is 17.8. The van der Waals surface area contributed by atoms with Gasteiger partial charge in [-0.05, 0) is 31.5 Å². The van der Waals surface area contributed by atoms with Gasteiger partial charge in [-0.25, -0.2) is 5.43 Å². The lowest BCUT2D eigenvalue weighted by Crippen LogP contribution is -2.17. The van der Waals surface area contributed by atoms with Gasteiger partial charge in [-0.2, -0.15) is 5.10 Å². The number of aryl methyl sites for hydroxylation is 1. The van der Waals surface area contributed by atoms with Crippen LogP contribution < -0.4 is 5.43 Å². The van der Waals surface area contributed by atoms with E-state index < -0.39 is 0 Å². The van der Waals surface area contributed by atoms with Gasteiger partial charge in [0, 0.05) is 28.7 Å². The van der Waals surface area contributed by atoms with Crippen LogP contribution in [0.25, 0.3) is 10.9 Å². The highest BCUT2D eigenvalue weighted by atomic mass is 16.3. The molecule has 4 aromatic rings. The SMILES string of the molecule is Cc1occc1C(=O)N/N=C/c1c(C)n(Cc2ccccc2)c2ccccc12. The number of para-hydroxylation sites is 1. The zero-order chi connectivity index (χ0) is 19.5. The molecule has 1 amide bonds. The molecule has 2 heterocycles. The maximum atomic E-state index is 12.2. The minimum Gasteiger partial charge on any atom is -0.469 e. The lowest BCUT2D eigenvalue weighted by atomic mass is 10.1. The Balaban J connectivity index is 1.65. The van der Waals surface area contributed by atoms with Crippen LogP contribution in [0, 0.1) is 13.8 Å². The molecule has 1 N–H and O–H groups in total. The number of nitrogens with one attached hydrogen (secondary N) is 1. The normalized spacial score (nSPS) is 11.4. The van der Waals surface area contributed by atoms with Crippen LogP contribution >= 0.6 is 0 Å². The van der Waals surface area contributed by atoms with Crippen LogP contribution in [0.15, 0.2) is 76.4 Å². The molecule has 5 heteroatoms. The summed E-state index contributed by atoms with van der Waals surface area (Å²) in [7, 11) is 0. The predicted molar refractivity (Wildman–Crippen MR) is 111 cm³/mol. The van der Waals surface area contributed by atoms with Crippen molar-refractivity contribution in [2.75, 3.05) is 0 Å². The molecule has 0 bridgehead atoms. The topological polar surface area (TPSA) is 59.5 Å². The first-order chi connectivity index (χ1) is 13.6. The summed E-state index contributed by atoms with van der Waals surface area (Å²) in [6.07, 6.45) is 3.21. The molecule has 140 valence electrons. The summed E-state index contributed by atoms with van der Waals surface area (Å²) in [5.74, 6) is 0.288. The van der Waals surface area contributed by atoms with Crippen LogP contribution in [0.5, 0.6) is 0 Å². The minimum atomic E-state index is -0.284. The van der Waals surface area contributed by atoms with E-state index in [1.807, 2.05) is 30.3 Å². The molecule has 0 aliphatic carbocycles. The number of hydrogen-bond donors (Lipinski definition) is 1. The standard InChI is InChI=1S/C23H21N3O2/c1-16-21(14-24-25-23(27)19-12-13-28-17(19)2)20-10-6-7-11-22(20)26(16)15-18-8-4-3-5-9-18/h3-14H,15H2,1-2H3,(H,25,27)/b24-14+. The largest absolute Gasteiger partial charge is 0.469 e. The molecule has 0 spiro atoms. The fourth-order valence-electron chi connectivity index (χ4n) is 3.43. The van der Waals surface area contributed by atoms with Crippen LogP contribution in [0.3, 0.4) is 0 Å². The Morgan fingerprint density at radius 1 is 1.07 bits per heavy atom. The van der Waals surface area contributed by atoms with Crippen molar-refractivity contribution in [3.05, 3.63) is 95.1 Å². The summed E-state index contributed by atoms with van der Waals surface area (Å²) >= 11 is 0. The van der Waals surface area contributed by atoms with Crippen molar-refractivity contribution >= 4 is 23.0 Å². The van der Waals surface area contributed by atoms with E-state index in [0.29, 0.717) is 11.3 Å². The Kier molecular flexibility index (Phi) is 4.81. The van der Waals surface area contributed by atoms with Gasteiger partial charge in [0.2, 0.25) is 0 Å². The van der Waals surface area contributed by atoms with E-state index in [-0.39, 0.29) is 5.91 Å². The zero-order valence-corrected chi connectivity index (χ0v) is 15.8. The quantitative estimate of drug-likeness (QED) is 0.410. The number of benzene rings is 2. The van der Waals surface area contributed by atoms with Crippen LogP contribution in [0.2, 0.25) is 0 Å². The second-order valence-electron chi connectivity index (χ2n) is 6.68. The molecular formula is C23H21N3O2. The highest BCUT2D eigenvalue weighted by molar-refractivity contribution is 6.02. The van der Waals surface area contributed by atoms with Gasteiger partial charge in [0.1, 0.15) is 5.76 Å². The average Bonchev–Trinajstić information content (AvgIpc) is 3.25. The van der Waals surface area contributed by atoms with E-state index in [4.69, 9.17) is 4.42 Å². The molecule has 0 saturated heterocycles. The number of fused-ring (bicyclic) bond motifs is 1. The Morgan fingerprint density at radius 3 is 2.57 bits per heavy atom. The number of aromatic nitrogens is 1. The fourth-order valence-corrected chi connectivity index (χ4v) is 3.43. The number of furan rings is 1. The smallest absolute Gasteiger partial charge is 0.274 e. The first-order valence-corrected chi connectivity index (χ1v) is 9.14. The van der Waals surface area contributed by atoms with E-state index in [1.165, 1.54) is 11.8 Å². The van der Waals surface area contributed by atoms with Crippen molar-refractivity contribution in [3.63, 3.8) is 0 Å². The Hall–Kier alpha value is -3.60. The minimum absolute atomic E-state index is 0.284. The third kappa shape index (κ3) is 3.34. The number of amides is 1. The van der Waals surface area contributed by atoms with Crippen molar-refractivity contribution in [2.24, 2.45) is 5.10 Å². The van der Waals surface area contributed by atoms with Gasteiger partial charge in [-0.15, -0.1) is 0 Å². The Morgan fingerprint density at radius 2 is 1.82 bits per heavy atom. The highest BCUT2D eigenvalue weighted by Gasteiger charge is 2.13. The van der Waals surface area contributed by atoms with Crippen molar-refractivity contribution in [2.45, 2.75) is 20.4 Å². The number of carbonyl (C=O) groups excluding carboxylic acids is 1. The van der Waals surface area contributed by atoms with Crippen molar-refractivity contribution < 1.29 is 9.21 Å². The van der Waals surface area contributed by atoms with Gasteiger partial charge in [-0.3, -0.25) is 4.79 Å². The fraction of sp³-hybridized carbons (Fsp3) is 0.130. The first-order valence-electron chi connectivity index (χ1n) is 9.14. The third-order valence-corrected chi connectivity index (χ3v) is 4.93. The van der Waals surface area contributed by atoms with E-state index in [0.717, 1.165) is 28.7 Å². The van der Waals surface area contributed by atoms with Crippen LogP contribution in [0.4, 0.5) is 0 Å². The number of nitrogens with zero attached hydrogens (tertiary/aromatic N) is 2. The summed E-state index contributed by atoms with van der Waals surface area (Å²) in [5, 5.41) is 5.30. The molecule has 0 aliphatic heterocycles. The van der Waals surface area contributed by atoms with Gasteiger partial charge >= 0.3 is 0 Å². The summed E-state index contributed by atoms with van der Waals surface area (Å²) < 4.78 is 7.44. The predicted octanol–water partition coefficient (Wildman–Crippen LogP) is 4.66. The second-order valence-corrected chi connectivity index (χ2v) is 6.68. The average molecular weight is 371 g/mol. The monoisotopic (exact) mass is 371 g/mol. The van der Waals surface area contributed by atoms with E-state index in [1.54, 1.807) is 19.2 Å². The Labute approximate surface area is 163 Å². The zero-order valence-electron chi connectivity index (χ0n) is 15.8. The van der Waals surface area contributed by atoms with Gasteiger partial charge in [-0.1, -0.05) is 48.5 Å². The maximum Gasteiger partial charge on any atom is 0.274 e. The van der Waals surface area contributed by atoms with Gasteiger partial charge < -0.3 is 8.98 Å². The molecule has 5 nitrogen and oxygen atoms in total. The molecule has 0 atom stereocenters. The Bertz CT molecular complexity index is 1150. The van der Waals surface area contributed by atoms with Gasteiger partial charge in [0.05, 0.1) is 18.0 Å². The molecule has 0 fully saturated rings. The van der Waals surface area contributed by atoms with E-state index in [2.05, 4.69) is 46.3 Å². The van der Waals surface area contributed by atoms with Gasteiger partial charge in [0.15, 0.2) is 0 Å².